The minimum Gasteiger partial charge on any atom is -0.497 e. The number of amides is 1. The number of carbonyl (C=O) groups is 1. The lowest BCUT2D eigenvalue weighted by Gasteiger charge is -2.35. The highest BCUT2D eigenvalue weighted by atomic mass is 16.5. The van der Waals surface area contributed by atoms with Crippen LogP contribution in [0.25, 0.3) is 11.1 Å². The first-order chi connectivity index (χ1) is 16.6. The second kappa shape index (κ2) is 8.58. The Morgan fingerprint density at radius 1 is 1.12 bits per heavy atom. The lowest BCUT2D eigenvalue weighted by Crippen LogP contribution is -2.51. The zero-order valence-electron chi connectivity index (χ0n) is 19.0. The summed E-state index contributed by atoms with van der Waals surface area (Å²) in [5.74, 6) is 1.41. The number of guanidine groups is 1. The van der Waals surface area contributed by atoms with E-state index in [1.54, 1.807) is 26.6 Å². The SMILES string of the molecule is CNC(=O)C1CN=C2N(C1)C(N)=NC2(c1ccc(OC)cc1)c1cccc(-c2cncnc2)c1. The molecule has 0 spiro atoms. The van der Waals surface area contributed by atoms with Gasteiger partial charge >= 0.3 is 0 Å². The molecule has 2 aromatic carbocycles. The molecule has 0 saturated heterocycles. The Morgan fingerprint density at radius 2 is 1.88 bits per heavy atom. The standard InChI is InChI=1S/C25H25N7O2/c1-27-22(33)18-13-30-23-25(31-24(26)32(23)14-18,19-6-8-21(34-2)9-7-19)20-5-3-4-16(10-20)17-11-28-15-29-12-17/h3-12,15,18H,13-14H2,1-2H3,(H2,26,31)(H,27,33). The van der Waals surface area contributed by atoms with Gasteiger partial charge in [0.05, 0.1) is 19.6 Å². The number of hydrogen-bond acceptors (Lipinski definition) is 8. The Labute approximate surface area is 197 Å². The smallest absolute Gasteiger partial charge is 0.226 e. The van der Waals surface area contributed by atoms with Crippen LogP contribution >= 0.6 is 0 Å². The summed E-state index contributed by atoms with van der Waals surface area (Å²) in [6.45, 7) is 0.774. The van der Waals surface area contributed by atoms with Crippen molar-refractivity contribution in [3.63, 3.8) is 0 Å². The molecule has 0 fully saturated rings. The molecule has 2 unspecified atom stereocenters. The number of fused-ring (bicyclic) bond motifs is 1. The number of benzene rings is 2. The lowest BCUT2D eigenvalue weighted by atomic mass is 9.80. The molecule has 172 valence electrons. The number of nitrogens with zero attached hydrogens (tertiary/aromatic N) is 5. The monoisotopic (exact) mass is 455 g/mol. The zero-order chi connectivity index (χ0) is 23.7. The van der Waals surface area contributed by atoms with Crippen LogP contribution in [0.5, 0.6) is 5.75 Å². The van der Waals surface area contributed by atoms with Crippen LogP contribution in [0.4, 0.5) is 0 Å². The van der Waals surface area contributed by atoms with Gasteiger partial charge in [0.25, 0.3) is 0 Å². The number of hydrogen-bond donors (Lipinski definition) is 2. The van der Waals surface area contributed by atoms with Gasteiger partial charge in [-0.15, -0.1) is 0 Å². The van der Waals surface area contributed by atoms with Crippen LogP contribution in [0, 0.1) is 5.92 Å². The van der Waals surface area contributed by atoms with Gasteiger partial charge in [-0.25, -0.2) is 15.0 Å². The summed E-state index contributed by atoms with van der Waals surface area (Å²) >= 11 is 0. The van der Waals surface area contributed by atoms with Gasteiger partial charge in [-0.05, 0) is 34.9 Å². The molecular formula is C25H25N7O2. The third-order valence-corrected chi connectivity index (χ3v) is 6.30. The first-order valence-electron chi connectivity index (χ1n) is 11.0. The van der Waals surface area contributed by atoms with E-state index in [9.17, 15) is 4.79 Å². The van der Waals surface area contributed by atoms with E-state index in [2.05, 4.69) is 21.4 Å². The number of methoxy groups -OCH3 is 1. The quantitative estimate of drug-likeness (QED) is 0.606. The van der Waals surface area contributed by atoms with E-state index in [1.807, 2.05) is 47.4 Å². The summed E-state index contributed by atoms with van der Waals surface area (Å²) in [5.41, 5.74) is 9.16. The highest BCUT2D eigenvalue weighted by molar-refractivity contribution is 6.12. The molecule has 3 N–H and O–H groups in total. The van der Waals surface area contributed by atoms with E-state index in [0.29, 0.717) is 24.9 Å². The van der Waals surface area contributed by atoms with E-state index in [1.165, 1.54) is 6.33 Å². The van der Waals surface area contributed by atoms with Crippen molar-refractivity contribution < 1.29 is 9.53 Å². The maximum absolute atomic E-state index is 12.3. The van der Waals surface area contributed by atoms with Crippen LogP contribution in [-0.4, -0.2) is 59.8 Å². The van der Waals surface area contributed by atoms with Gasteiger partial charge in [0.1, 0.15) is 17.9 Å². The second-order valence-electron chi connectivity index (χ2n) is 8.20. The van der Waals surface area contributed by atoms with Crippen molar-refractivity contribution in [2.45, 2.75) is 5.54 Å². The number of nitrogens with two attached hydrogens (primary N) is 1. The molecule has 1 amide bonds. The zero-order valence-corrected chi connectivity index (χ0v) is 19.0. The number of amidine groups is 1. The van der Waals surface area contributed by atoms with E-state index in [-0.39, 0.29) is 11.8 Å². The number of ether oxygens (including phenoxy) is 1. The largest absolute Gasteiger partial charge is 0.497 e. The molecular weight excluding hydrogens is 430 g/mol. The van der Waals surface area contributed by atoms with E-state index < -0.39 is 5.54 Å². The summed E-state index contributed by atoms with van der Waals surface area (Å²) in [6.07, 6.45) is 5.05. The normalized spacial score (nSPS) is 21.4. The van der Waals surface area contributed by atoms with Crippen molar-refractivity contribution in [1.82, 2.24) is 20.2 Å². The van der Waals surface area contributed by atoms with Crippen molar-refractivity contribution in [1.29, 1.82) is 0 Å². The molecule has 34 heavy (non-hydrogen) atoms. The predicted molar refractivity (Wildman–Crippen MR) is 129 cm³/mol. The molecule has 3 heterocycles. The van der Waals surface area contributed by atoms with Crippen LogP contribution in [-0.2, 0) is 10.3 Å². The Hall–Kier alpha value is -4.27. The maximum atomic E-state index is 12.3. The lowest BCUT2D eigenvalue weighted by molar-refractivity contribution is -0.124. The average Bonchev–Trinajstić information content (AvgIpc) is 3.21. The molecule has 2 aliphatic heterocycles. The summed E-state index contributed by atoms with van der Waals surface area (Å²) in [7, 11) is 3.26. The fourth-order valence-electron chi connectivity index (χ4n) is 4.57. The van der Waals surface area contributed by atoms with Gasteiger partial charge < -0.3 is 15.8 Å². The molecule has 2 aliphatic rings. The molecule has 2 atom stereocenters. The molecule has 0 saturated carbocycles. The summed E-state index contributed by atoms with van der Waals surface area (Å²) in [5, 5.41) is 2.71. The van der Waals surface area contributed by atoms with Crippen molar-refractivity contribution in [3.05, 3.63) is 78.4 Å². The Bertz CT molecular complexity index is 1270. The fraction of sp³-hybridized carbons (Fsp3) is 0.240. The number of carbonyl (C=O) groups excluding carboxylic acids is 1. The molecule has 9 heteroatoms. The molecule has 0 aliphatic carbocycles. The van der Waals surface area contributed by atoms with Crippen LogP contribution in [0.2, 0.25) is 0 Å². The average molecular weight is 456 g/mol. The van der Waals surface area contributed by atoms with Crippen molar-refractivity contribution >= 4 is 17.7 Å². The van der Waals surface area contributed by atoms with Crippen LogP contribution in [0.3, 0.4) is 0 Å². The summed E-state index contributed by atoms with van der Waals surface area (Å²) in [4.78, 5) is 32.4. The first kappa shape index (κ1) is 21.6. The van der Waals surface area contributed by atoms with Crippen LogP contribution in [0.15, 0.2) is 77.2 Å². The highest BCUT2D eigenvalue weighted by Crippen LogP contribution is 2.43. The topological polar surface area (TPSA) is 118 Å². The third kappa shape index (κ3) is 3.45. The molecule has 3 aromatic rings. The molecule has 1 aromatic heterocycles. The van der Waals surface area contributed by atoms with Gasteiger partial charge in [-0.2, -0.15) is 0 Å². The fourth-order valence-corrected chi connectivity index (χ4v) is 4.57. The summed E-state index contributed by atoms with van der Waals surface area (Å²) in [6, 6.07) is 15.8. The second-order valence-corrected chi connectivity index (χ2v) is 8.20. The number of aromatic nitrogens is 2. The van der Waals surface area contributed by atoms with E-state index in [0.717, 1.165) is 28.0 Å². The van der Waals surface area contributed by atoms with Gasteiger partial charge in [0.15, 0.2) is 11.5 Å². The predicted octanol–water partition coefficient (Wildman–Crippen LogP) is 1.80. The molecule has 9 nitrogen and oxygen atoms in total. The molecule has 0 bridgehead atoms. The number of rotatable bonds is 5. The van der Waals surface area contributed by atoms with Gasteiger partial charge in [-0.3, -0.25) is 14.7 Å². The van der Waals surface area contributed by atoms with Gasteiger partial charge in [-0.1, -0.05) is 30.3 Å². The van der Waals surface area contributed by atoms with Crippen molar-refractivity contribution in [3.8, 4) is 16.9 Å². The Morgan fingerprint density at radius 3 is 2.59 bits per heavy atom. The summed E-state index contributed by atoms with van der Waals surface area (Å²) < 4.78 is 5.37. The minimum absolute atomic E-state index is 0.0661. The van der Waals surface area contributed by atoms with E-state index in [4.69, 9.17) is 20.5 Å². The Kier molecular flexibility index (Phi) is 5.45. The highest BCUT2D eigenvalue weighted by Gasteiger charge is 2.50. The van der Waals surface area contributed by atoms with Crippen molar-refractivity contribution in [2.75, 3.05) is 27.2 Å². The van der Waals surface area contributed by atoms with E-state index >= 15 is 0 Å². The maximum Gasteiger partial charge on any atom is 0.226 e. The first-order valence-corrected chi connectivity index (χ1v) is 11.0. The minimum atomic E-state index is -0.963. The van der Waals surface area contributed by atoms with Gasteiger partial charge in [0, 0.05) is 31.5 Å². The third-order valence-electron chi connectivity index (χ3n) is 6.30. The van der Waals surface area contributed by atoms with Crippen LogP contribution < -0.4 is 15.8 Å². The van der Waals surface area contributed by atoms with Crippen molar-refractivity contribution in [2.24, 2.45) is 21.6 Å². The number of nitrogens with one attached hydrogen (secondary N) is 1. The van der Waals surface area contributed by atoms with Crippen LogP contribution in [0.1, 0.15) is 11.1 Å². The molecule has 0 radical (unpaired) electrons. The molecule has 5 rings (SSSR count). The number of aliphatic imine (C=N–C) groups is 2. The Balaban J connectivity index is 1.69. The van der Waals surface area contributed by atoms with Gasteiger partial charge in [0.2, 0.25) is 5.91 Å².